The lowest BCUT2D eigenvalue weighted by atomic mass is 9.99. The molecule has 0 unspecified atom stereocenters. The lowest BCUT2D eigenvalue weighted by molar-refractivity contribution is -0.892. The minimum absolute atomic E-state index is 0.0844. The van der Waals surface area contributed by atoms with Crippen LogP contribution in [0.15, 0.2) is 48.5 Å². The van der Waals surface area contributed by atoms with E-state index in [1.165, 1.54) is 16.2 Å². The Morgan fingerprint density at radius 1 is 1.18 bits per heavy atom. The van der Waals surface area contributed by atoms with Gasteiger partial charge in [-0.05, 0) is 42.2 Å². The summed E-state index contributed by atoms with van der Waals surface area (Å²) in [6.45, 7) is 8.73. The summed E-state index contributed by atoms with van der Waals surface area (Å²) in [6, 6.07) is 16.4. The molecule has 1 heterocycles. The maximum atomic E-state index is 12.4. The molecular formula is C23H32N3O2+. The predicted octanol–water partition coefficient (Wildman–Crippen LogP) is 2.55. The second kappa shape index (κ2) is 9.60. The van der Waals surface area contributed by atoms with E-state index in [0.29, 0.717) is 12.5 Å². The molecule has 5 nitrogen and oxygen atoms in total. The Bertz CT molecular complexity index is 768. The zero-order valence-electron chi connectivity index (χ0n) is 17.2. The molecule has 0 radical (unpaired) electrons. The number of ether oxygens (including phenoxy) is 1. The van der Waals surface area contributed by atoms with E-state index in [4.69, 9.17) is 4.74 Å². The maximum Gasteiger partial charge on any atom is 0.279 e. The molecule has 1 atom stereocenters. The first-order valence-corrected chi connectivity index (χ1v) is 10.2. The first kappa shape index (κ1) is 20.2. The molecule has 1 fully saturated rings. The Kier molecular flexibility index (Phi) is 6.93. The van der Waals surface area contributed by atoms with E-state index in [9.17, 15) is 4.79 Å². The molecule has 150 valence electrons. The Morgan fingerprint density at radius 2 is 1.89 bits per heavy atom. The van der Waals surface area contributed by atoms with Gasteiger partial charge in [0.25, 0.3) is 5.91 Å². The van der Waals surface area contributed by atoms with Crippen molar-refractivity contribution in [2.45, 2.75) is 26.2 Å². The molecule has 1 saturated heterocycles. The normalized spacial score (nSPS) is 15.9. The van der Waals surface area contributed by atoms with Gasteiger partial charge in [0, 0.05) is 17.4 Å². The van der Waals surface area contributed by atoms with Crippen molar-refractivity contribution in [3.05, 3.63) is 54.1 Å². The van der Waals surface area contributed by atoms with Crippen LogP contribution < -0.4 is 19.9 Å². The minimum atomic E-state index is 0.0844. The van der Waals surface area contributed by atoms with Crippen molar-refractivity contribution < 1.29 is 14.4 Å². The molecule has 0 bridgehead atoms. The number of nitrogens with one attached hydrogen (secondary N) is 2. The van der Waals surface area contributed by atoms with Crippen molar-refractivity contribution in [1.82, 2.24) is 0 Å². The van der Waals surface area contributed by atoms with Crippen LogP contribution in [0.3, 0.4) is 0 Å². The summed E-state index contributed by atoms with van der Waals surface area (Å²) in [5.74, 6) is 1.52. The van der Waals surface area contributed by atoms with E-state index < -0.39 is 0 Å². The van der Waals surface area contributed by atoms with Gasteiger partial charge < -0.3 is 19.9 Å². The predicted molar refractivity (Wildman–Crippen MR) is 115 cm³/mol. The van der Waals surface area contributed by atoms with Crippen LogP contribution in [0.25, 0.3) is 0 Å². The van der Waals surface area contributed by atoms with Crippen LogP contribution in [-0.4, -0.2) is 45.7 Å². The summed E-state index contributed by atoms with van der Waals surface area (Å²) >= 11 is 0. The van der Waals surface area contributed by atoms with E-state index in [1.807, 2.05) is 24.3 Å². The number of nitrogens with zero attached hydrogens (tertiary/aromatic N) is 1. The molecular weight excluding hydrogens is 350 g/mol. The van der Waals surface area contributed by atoms with Crippen molar-refractivity contribution in [3.8, 4) is 5.75 Å². The van der Waals surface area contributed by atoms with Crippen molar-refractivity contribution in [3.63, 3.8) is 0 Å². The molecule has 2 N–H and O–H groups in total. The molecule has 2 aromatic carbocycles. The number of hydrogen-bond acceptors (Lipinski definition) is 3. The van der Waals surface area contributed by atoms with Crippen LogP contribution in [0.1, 0.15) is 31.7 Å². The molecule has 2 aromatic rings. The first-order chi connectivity index (χ1) is 13.6. The zero-order valence-corrected chi connectivity index (χ0v) is 17.2. The topological polar surface area (TPSA) is 46.0 Å². The van der Waals surface area contributed by atoms with Gasteiger partial charge in [0.05, 0.1) is 33.3 Å². The molecule has 0 saturated carbocycles. The smallest absolute Gasteiger partial charge is 0.279 e. The van der Waals surface area contributed by atoms with Crippen LogP contribution in [0.4, 0.5) is 11.4 Å². The molecule has 1 amide bonds. The van der Waals surface area contributed by atoms with Gasteiger partial charge >= 0.3 is 0 Å². The second-order valence-electron chi connectivity index (χ2n) is 7.59. The van der Waals surface area contributed by atoms with Crippen molar-refractivity contribution in [2.75, 3.05) is 50.1 Å². The third-order valence-electron chi connectivity index (χ3n) is 5.68. The SMILES string of the molecule is CC[C@@H](C)c1ccc(NC(=O)C[NH+]2CCN(c3cccc(OC)c3)CC2)cc1. The third-order valence-corrected chi connectivity index (χ3v) is 5.68. The van der Waals surface area contributed by atoms with Gasteiger partial charge in [-0.2, -0.15) is 0 Å². The summed E-state index contributed by atoms with van der Waals surface area (Å²) in [5, 5.41) is 3.04. The fourth-order valence-corrected chi connectivity index (χ4v) is 3.63. The average Bonchev–Trinajstić information content (AvgIpc) is 2.74. The third kappa shape index (κ3) is 5.26. The summed E-state index contributed by atoms with van der Waals surface area (Å²) < 4.78 is 5.32. The Morgan fingerprint density at radius 3 is 2.54 bits per heavy atom. The zero-order chi connectivity index (χ0) is 19.9. The fraction of sp³-hybridized carbons (Fsp3) is 0.435. The van der Waals surface area contributed by atoms with Crippen LogP contribution in [0, 0.1) is 0 Å². The van der Waals surface area contributed by atoms with Crippen LogP contribution in [0.5, 0.6) is 5.75 Å². The number of amides is 1. The Labute approximate surface area is 168 Å². The molecule has 28 heavy (non-hydrogen) atoms. The van der Waals surface area contributed by atoms with E-state index in [0.717, 1.165) is 44.0 Å². The molecule has 3 rings (SSSR count). The van der Waals surface area contributed by atoms with Crippen molar-refractivity contribution >= 4 is 17.3 Å². The van der Waals surface area contributed by atoms with Crippen LogP contribution in [0.2, 0.25) is 0 Å². The largest absolute Gasteiger partial charge is 0.497 e. The highest BCUT2D eigenvalue weighted by molar-refractivity contribution is 5.91. The number of rotatable bonds is 7. The summed E-state index contributed by atoms with van der Waals surface area (Å²) in [4.78, 5) is 16.1. The lowest BCUT2D eigenvalue weighted by Crippen LogP contribution is -3.15. The van der Waals surface area contributed by atoms with Gasteiger partial charge in [0.15, 0.2) is 6.54 Å². The number of piperazine rings is 1. The van der Waals surface area contributed by atoms with Crippen LogP contribution >= 0.6 is 0 Å². The van der Waals surface area contributed by atoms with E-state index in [1.54, 1.807) is 7.11 Å². The number of methoxy groups -OCH3 is 1. The number of carbonyl (C=O) groups excluding carboxylic acids is 1. The van der Waals surface area contributed by atoms with Crippen LogP contribution in [-0.2, 0) is 4.79 Å². The quantitative estimate of drug-likeness (QED) is 0.774. The van der Waals surface area contributed by atoms with Gasteiger partial charge in [-0.15, -0.1) is 0 Å². The summed E-state index contributed by atoms with van der Waals surface area (Å²) in [7, 11) is 1.69. The maximum absolute atomic E-state index is 12.4. The van der Waals surface area contributed by atoms with Gasteiger partial charge in [-0.25, -0.2) is 0 Å². The van der Waals surface area contributed by atoms with Gasteiger partial charge in [-0.1, -0.05) is 32.0 Å². The Hall–Kier alpha value is -2.53. The first-order valence-electron chi connectivity index (χ1n) is 10.2. The minimum Gasteiger partial charge on any atom is -0.497 e. The summed E-state index contributed by atoms with van der Waals surface area (Å²) in [6.07, 6.45) is 1.12. The van der Waals surface area contributed by atoms with Crippen molar-refractivity contribution in [2.24, 2.45) is 0 Å². The average molecular weight is 383 g/mol. The molecule has 1 aliphatic rings. The van der Waals surface area contributed by atoms with E-state index in [2.05, 4.69) is 48.3 Å². The second-order valence-corrected chi connectivity index (χ2v) is 7.59. The van der Waals surface area contributed by atoms with Crippen molar-refractivity contribution in [1.29, 1.82) is 0 Å². The van der Waals surface area contributed by atoms with Gasteiger partial charge in [0.1, 0.15) is 5.75 Å². The molecule has 0 spiro atoms. The molecule has 5 heteroatoms. The Balaban J connectivity index is 1.47. The number of benzene rings is 2. The molecule has 1 aliphatic heterocycles. The highest BCUT2D eigenvalue weighted by Crippen LogP contribution is 2.21. The van der Waals surface area contributed by atoms with E-state index in [-0.39, 0.29) is 5.91 Å². The highest BCUT2D eigenvalue weighted by Gasteiger charge is 2.22. The number of hydrogen-bond donors (Lipinski definition) is 2. The van der Waals surface area contributed by atoms with E-state index >= 15 is 0 Å². The fourth-order valence-electron chi connectivity index (χ4n) is 3.63. The highest BCUT2D eigenvalue weighted by atomic mass is 16.5. The number of quaternary nitrogens is 1. The monoisotopic (exact) mass is 382 g/mol. The lowest BCUT2D eigenvalue weighted by Gasteiger charge is -2.33. The standard InChI is InChI=1S/C23H31N3O2/c1-4-18(2)19-8-10-20(11-9-19)24-23(27)17-25-12-14-26(15-13-25)21-6-5-7-22(16-21)28-3/h5-11,16,18H,4,12-15,17H2,1-3H3,(H,24,27)/p+1/t18-/m1/s1. The van der Waals surface area contributed by atoms with Gasteiger partial charge in [0.2, 0.25) is 0 Å². The molecule has 0 aliphatic carbocycles. The number of carbonyl (C=O) groups is 1. The summed E-state index contributed by atoms with van der Waals surface area (Å²) in [5.41, 5.74) is 3.38. The number of anilines is 2. The van der Waals surface area contributed by atoms with Gasteiger partial charge in [-0.3, -0.25) is 4.79 Å². The molecule has 0 aromatic heterocycles.